The quantitative estimate of drug-likeness (QED) is 0.772. The SMILES string of the molecule is COc1c(Br)cc(Br)cc1CN[C@@H](C)C1CCCC1. The molecule has 1 N–H and O–H groups in total. The Morgan fingerprint density at radius 1 is 1.32 bits per heavy atom. The van der Waals surface area contributed by atoms with Crippen LogP contribution in [0, 0.1) is 5.92 Å². The topological polar surface area (TPSA) is 21.3 Å². The fourth-order valence-electron chi connectivity index (χ4n) is 2.87. The Bertz CT molecular complexity index is 430. The average molecular weight is 391 g/mol. The number of hydrogen-bond acceptors (Lipinski definition) is 2. The van der Waals surface area contributed by atoms with Crippen LogP contribution in [0.5, 0.6) is 5.75 Å². The van der Waals surface area contributed by atoms with Crippen LogP contribution in [0.2, 0.25) is 0 Å². The highest BCUT2D eigenvalue weighted by atomic mass is 79.9. The minimum atomic E-state index is 0.574. The van der Waals surface area contributed by atoms with Crippen molar-refractivity contribution >= 4 is 31.9 Å². The molecule has 4 heteroatoms. The minimum absolute atomic E-state index is 0.574. The van der Waals surface area contributed by atoms with E-state index in [2.05, 4.69) is 50.2 Å². The summed E-state index contributed by atoms with van der Waals surface area (Å²) >= 11 is 7.08. The van der Waals surface area contributed by atoms with Gasteiger partial charge in [-0.15, -0.1) is 0 Å². The number of ether oxygens (including phenoxy) is 1. The molecule has 0 unspecified atom stereocenters. The molecule has 1 aromatic carbocycles. The van der Waals surface area contributed by atoms with Crippen LogP contribution < -0.4 is 10.1 Å². The summed E-state index contributed by atoms with van der Waals surface area (Å²) in [6.45, 7) is 3.15. The molecule has 1 aliphatic carbocycles. The first kappa shape index (κ1) is 15.3. The molecule has 1 aromatic rings. The van der Waals surface area contributed by atoms with Gasteiger partial charge in [0, 0.05) is 22.6 Å². The second-order valence-electron chi connectivity index (χ2n) is 5.29. The Morgan fingerprint density at radius 3 is 2.63 bits per heavy atom. The third-order valence-corrected chi connectivity index (χ3v) is 5.06. The van der Waals surface area contributed by atoms with Crippen molar-refractivity contribution in [3.63, 3.8) is 0 Å². The van der Waals surface area contributed by atoms with Crippen LogP contribution in [0.4, 0.5) is 0 Å². The summed E-state index contributed by atoms with van der Waals surface area (Å²) in [6, 6.07) is 4.71. The number of hydrogen-bond donors (Lipinski definition) is 1. The molecule has 1 saturated carbocycles. The van der Waals surface area contributed by atoms with E-state index in [-0.39, 0.29) is 0 Å². The number of nitrogens with one attached hydrogen (secondary N) is 1. The fourth-order valence-corrected chi connectivity index (χ4v) is 4.34. The predicted molar refractivity (Wildman–Crippen MR) is 86.7 cm³/mol. The lowest BCUT2D eigenvalue weighted by Crippen LogP contribution is -2.31. The van der Waals surface area contributed by atoms with Crippen molar-refractivity contribution < 1.29 is 4.74 Å². The second kappa shape index (κ2) is 7.09. The van der Waals surface area contributed by atoms with E-state index in [1.54, 1.807) is 7.11 Å². The molecular weight excluding hydrogens is 370 g/mol. The zero-order valence-electron chi connectivity index (χ0n) is 11.5. The Morgan fingerprint density at radius 2 is 2.00 bits per heavy atom. The summed E-state index contributed by atoms with van der Waals surface area (Å²) < 4.78 is 7.55. The van der Waals surface area contributed by atoms with Crippen LogP contribution in [-0.4, -0.2) is 13.2 Å². The molecule has 0 bridgehead atoms. The standard InChI is InChI=1S/C15H21Br2NO/c1-10(11-5-3-4-6-11)18-9-12-7-13(16)8-14(17)15(12)19-2/h7-8,10-11,18H,3-6,9H2,1-2H3/t10-/m0/s1. The van der Waals surface area contributed by atoms with Gasteiger partial charge in [0.25, 0.3) is 0 Å². The third-order valence-electron chi connectivity index (χ3n) is 4.01. The molecule has 0 aliphatic heterocycles. The van der Waals surface area contributed by atoms with Gasteiger partial charge in [0.05, 0.1) is 11.6 Å². The van der Waals surface area contributed by atoms with E-state index in [1.807, 2.05) is 6.07 Å². The molecule has 1 fully saturated rings. The number of rotatable bonds is 5. The number of methoxy groups -OCH3 is 1. The molecule has 0 aromatic heterocycles. The van der Waals surface area contributed by atoms with Gasteiger partial charge in [-0.2, -0.15) is 0 Å². The molecule has 0 heterocycles. The van der Waals surface area contributed by atoms with Gasteiger partial charge in [-0.25, -0.2) is 0 Å². The lowest BCUT2D eigenvalue weighted by molar-refractivity contribution is 0.370. The maximum atomic E-state index is 5.48. The van der Waals surface area contributed by atoms with Gasteiger partial charge in [0.1, 0.15) is 5.75 Å². The molecule has 0 amide bonds. The molecule has 0 spiro atoms. The molecule has 0 saturated heterocycles. The third kappa shape index (κ3) is 3.96. The summed E-state index contributed by atoms with van der Waals surface area (Å²) in [7, 11) is 1.72. The van der Waals surface area contributed by atoms with Crippen LogP contribution in [-0.2, 0) is 6.54 Å². The van der Waals surface area contributed by atoms with E-state index in [1.165, 1.54) is 31.2 Å². The van der Waals surface area contributed by atoms with E-state index in [9.17, 15) is 0 Å². The summed E-state index contributed by atoms with van der Waals surface area (Å²) in [5.74, 6) is 1.76. The highest BCUT2D eigenvalue weighted by Gasteiger charge is 2.21. The van der Waals surface area contributed by atoms with Gasteiger partial charge in [-0.05, 0) is 53.7 Å². The number of benzene rings is 1. The lowest BCUT2D eigenvalue weighted by atomic mass is 9.99. The van der Waals surface area contributed by atoms with Crippen molar-refractivity contribution in [2.75, 3.05) is 7.11 Å². The van der Waals surface area contributed by atoms with E-state index < -0.39 is 0 Å². The van der Waals surface area contributed by atoms with Gasteiger partial charge in [-0.1, -0.05) is 28.8 Å². The van der Waals surface area contributed by atoms with Crippen molar-refractivity contribution in [3.8, 4) is 5.75 Å². The predicted octanol–water partition coefficient (Wildman–Crippen LogP) is 4.89. The van der Waals surface area contributed by atoms with Crippen molar-refractivity contribution in [2.45, 2.75) is 45.2 Å². The molecular formula is C15H21Br2NO. The van der Waals surface area contributed by atoms with Gasteiger partial charge in [-0.3, -0.25) is 0 Å². The fraction of sp³-hybridized carbons (Fsp3) is 0.600. The summed E-state index contributed by atoms with van der Waals surface area (Å²) in [5, 5.41) is 3.65. The van der Waals surface area contributed by atoms with E-state index >= 15 is 0 Å². The molecule has 1 atom stereocenters. The molecule has 2 nitrogen and oxygen atoms in total. The van der Waals surface area contributed by atoms with Crippen molar-refractivity contribution in [1.29, 1.82) is 0 Å². The first-order valence-corrected chi connectivity index (χ1v) is 8.45. The summed E-state index contributed by atoms with van der Waals surface area (Å²) in [4.78, 5) is 0. The van der Waals surface area contributed by atoms with Crippen LogP contribution >= 0.6 is 31.9 Å². The average Bonchev–Trinajstić information content (AvgIpc) is 2.89. The maximum absolute atomic E-state index is 5.48. The molecule has 1 aliphatic rings. The smallest absolute Gasteiger partial charge is 0.137 e. The van der Waals surface area contributed by atoms with Crippen LogP contribution in [0.15, 0.2) is 21.1 Å². The highest BCUT2D eigenvalue weighted by molar-refractivity contribution is 9.11. The molecule has 106 valence electrons. The maximum Gasteiger partial charge on any atom is 0.137 e. The highest BCUT2D eigenvalue weighted by Crippen LogP contribution is 2.33. The lowest BCUT2D eigenvalue weighted by Gasteiger charge is -2.21. The van der Waals surface area contributed by atoms with Gasteiger partial charge in [0.2, 0.25) is 0 Å². The van der Waals surface area contributed by atoms with Crippen LogP contribution in [0.1, 0.15) is 38.2 Å². The Labute approximate surface area is 132 Å². The number of halogens is 2. The van der Waals surface area contributed by atoms with Crippen molar-refractivity contribution in [2.24, 2.45) is 5.92 Å². The normalized spacial score (nSPS) is 17.7. The first-order chi connectivity index (χ1) is 9.11. The zero-order chi connectivity index (χ0) is 13.8. The second-order valence-corrected chi connectivity index (χ2v) is 7.06. The summed E-state index contributed by atoms with van der Waals surface area (Å²) in [6.07, 6.45) is 5.52. The molecule has 19 heavy (non-hydrogen) atoms. The largest absolute Gasteiger partial charge is 0.495 e. The van der Waals surface area contributed by atoms with E-state index in [4.69, 9.17) is 4.74 Å². The van der Waals surface area contributed by atoms with Gasteiger partial charge < -0.3 is 10.1 Å². The van der Waals surface area contributed by atoms with E-state index in [0.29, 0.717) is 6.04 Å². The van der Waals surface area contributed by atoms with Crippen LogP contribution in [0.25, 0.3) is 0 Å². The molecule has 0 radical (unpaired) electrons. The van der Waals surface area contributed by atoms with Crippen molar-refractivity contribution in [3.05, 3.63) is 26.6 Å². The monoisotopic (exact) mass is 389 g/mol. The van der Waals surface area contributed by atoms with E-state index in [0.717, 1.165) is 27.2 Å². The first-order valence-electron chi connectivity index (χ1n) is 6.87. The summed E-state index contributed by atoms with van der Waals surface area (Å²) in [5.41, 5.74) is 1.19. The van der Waals surface area contributed by atoms with Crippen molar-refractivity contribution in [1.82, 2.24) is 5.32 Å². The van der Waals surface area contributed by atoms with Gasteiger partial charge >= 0.3 is 0 Å². The minimum Gasteiger partial charge on any atom is -0.495 e. The van der Waals surface area contributed by atoms with Gasteiger partial charge in [0.15, 0.2) is 0 Å². The Balaban J connectivity index is 2.02. The Hall–Kier alpha value is -0.0600. The molecule has 2 rings (SSSR count). The van der Waals surface area contributed by atoms with Crippen LogP contribution in [0.3, 0.4) is 0 Å². The Kier molecular flexibility index (Phi) is 5.72. The zero-order valence-corrected chi connectivity index (χ0v) is 14.7.